The normalized spacial score (nSPS) is 12.5. The van der Waals surface area contributed by atoms with Gasteiger partial charge in [0.05, 0.1) is 6.61 Å². The van der Waals surface area contributed by atoms with E-state index in [4.69, 9.17) is 15.1 Å². The molecule has 0 aliphatic heterocycles. The van der Waals surface area contributed by atoms with E-state index < -0.39 is 6.10 Å². The Morgan fingerprint density at radius 3 is 2.64 bits per heavy atom. The largest absolute Gasteiger partial charge is 0.463 e. The first-order valence-corrected chi connectivity index (χ1v) is 4.81. The van der Waals surface area contributed by atoms with Crippen molar-refractivity contribution in [2.24, 2.45) is 0 Å². The highest BCUT2D eigenvalue weighted by molar-refractivity contribution is 5.69. The number of hydrogen-bond acceptors (Lipinski definition) is 5. The van der Waals surface area contributed by atoms with Gasteiger partial charge in [0.2, 0.25) is 0 Å². The smallest absolute Gasteiger partial charge is 0.305 e. The van der Waals surface area contributed by atoms with Crippen LogP contribution in [0.15, 0.2) is 0 Å². The van der Waals surface area contributed by atoms with E-state index in [1.54, 1.807) is 0 Å². The number of aliphatic hydroxyl groups is 1. The topological polar surface area (TPSA) is 76.0 Å². The Kier molecular flexibility index (Phi) is 8.51. The maximum atomic E-state index is 11.0. The van der Waals surface area contributed by atoms with Crippen LogP contribution in [0.4, 0.5) is 0 Å². The number of aliphatic hydroxyl groups excluding tert-OH is 1. The number of carbonyl (C=O) groups is 1. The van der Waals surface area contributed by atoms with Crippen LogP contribution in [-0.2, 0) is 14.4 Å². The molecule has 0 aliphatic rings. The number of ether oxygens (including phenoxy) is 1. The fourth-order valence-electron chi connectivity index (χ4n) is 0.894. The van der Waals surface area contributed by atoms with E-state index in [-0.39, 0.29) is 19.2 Å². The molecular weight excluding hydrogens is 188 g/mol. The zero-order valence-corrected chi connectivity index (χ0v) is 8.44. The second-order valence-corrected chi connectivity index (χ2v) is 3.05. The van der Waals surface area contributed by atoms with Gasteiger partial charge in [-0.3, -0.25) is 10.1 Å². The van der Waals surface area contributed by atoms with Gasteiger partial charge in [0.25, 0.3) is 0 Å². The van der Waals surface area contributed by atoms with Crippen molar-refractivity contribution in [3.63, 3.8) is 0 Å². The van der Waals surface area contributed by atoms with Gasteiger partial charge in [0, 0.05) is 6.42 Å². The fourth-order valence-corrected chi connectivity index (χ4v) is 0.894. The molecule has 0 amide bonds. The Labute approximate surface area is 83.6 Å². The van der Waals surface area contributed by atoms with E-state index in [1.165, 1.54) is 0 Å². The quantitative estimate of drug-likeness (QED) is 0.268. The summed E-state index contributed by atoms with van der Waals surface area (Å²) in [5.74, 6) is -0.325. The van der Waals surface area contributed by atoms with Crippen molar-refractivity contribution < 1.29 is 24.8 Å². The molecule has 0 aromatic carbocycles. The average Bonchev–Trinajstić information content (AvgIpc) is 2.20. The van der Waals surface area contributed by atoms with E-state index in [9.17, 15) is 4.79 Å². The molecule has 0 saturated heterocycles. The van der Waals surface area contributed by atoms with Crippen molar-refractivity contribution in [1.29, 1.82) is 0 Å². The van der Waals surface area contributed by atoms with Crippen LogP contribution in [0.25, 0.3) is 0 Å². The third-order valence-electron chi connectivity index (χ3n) is 1.77. The summed E-state index contributed by atoms with van der Waals surface area (Å²) in [6, 6.07) is 0. The van der Waals surface area contributed by atoms with Crippen molar-refractivity contribution in [2.45, 2.75) is 38.7 Å². The highest BCUT2D eigenvalue weighted by atomic mass is 17.1. The molecule has 0 bridgehead atoms. The summed E-state index contributed by atoms with van der Waals surface area (Å²) in [5.41, 5.74) is 0. The predicted octanol–water partition coefficient (Wildman–Crippen LogP) is 0.960. The summed E-state index contributed by atoms with van der Waals surface area (Å²) in [6.07, 6.45) is 2.38. The summed E-state index contributed by atoms with van der Waals surface area (Å²) in [7, 11) is 0. The summed E-state index contributed by atoms with van der Waals surface area (Å²) in [6.45, 7) is 1.56. The molecule has 0 unspecified atom stereocenters. The second-order valence-electron chi connectivity index (χ2n) is 3.05. The lowest BCUT2D eigenvalue weighted by atomic mass is 10.2. The summed E-state index contributed by atoms with van der Waals surface area (Å²) >= 11 is 0. The van der Waals surface area contributed by atoms with Crippen LogP contribution in [0, 0.1) is 0 Å². The molecule has 0 rings (SSSR count). The first kappa shape index (κ1) is 13.4. The van der Waals surface area contributed by atoms with Crippen molar-refractivity contribution in [1.82, 2.24) is 0 Å². The zero-order valence-electron chi connectivity index (χ0n) is 8.44. The van der Waals surface area contributed by atoms with E-state index in [1.807, 2.05) is 6.92 Å². The third-order valence-corrected chi connectivity index (χ3v) is 1.77. The van der Waals surface area contributed by atoms with Gasteiger partial charge in [-0.05, 0) is 6.42 Å². The molecule has 0 fully saturated rings. The molecular formula is C9H18O5. The number of hydrogen-bond donors (Lipinski definition) is 2. The lowest BCUT2D eigenvalue weighted by Gasteiger charge is -2.10. The first-order valence-electron chi connectivity index (χ1n) is 4.81. The summed E-state index contributed by atoms with van der Waals surface area (Å²) < 4.78 is 4.75. The molecule has 5 heteroatoms. The molecule has 0 heterocycles. The van der Waals surface area contributed by atoms with Gasteiger partial charge in [-0.1, -0.05) is 19.8 Å². The third kappa shape index (κ3) is 6.82. The Bertz CT molecular complexity index is 144. The van der Waals surface area contributed by atoms with Gasteiger partial charge in [0.15, 0.2) is 0 Å². The highest BCUT2D eigenvalue weighted by Gasteiger charge is 2.10. The van der Waals surface area contributed by atoms with Gasteiger partial charge < -0.3 is 9.84 Å². The van der Waals surface area contributed by atoms with Gasteiger partial charge in [-0.15, -0.1) is 0 Å². The summed E-state index contributed by atoms with van der Waals surface area (Å²) in [4.78, 5) is 14.9. The van der Waals surface area contributed by atoms with Crippen molar-refractivity contribution in [3.05, 3.63) is 0 Å². The SMILES string of the molecule is CCCCCC(=O)OC[C@H](CO)OO. The first-order chi connectivity index (χ1) is 6.74. The molecule has 0 spiro atoms. The number of rotatable bonds is 8. The van der Waals surface area contributed by atoms with Crippen LogP contribution in [0.1, 0.15) is 32.6 Å². The molecule has 0 aromatic rings. The predicted molar refractivity (Wildman–Crippen MR) is 49.7 cm³/mol. The zero-order chi connectivity index (χ0) is 10.8. The molecule has 0 aliphatic carbocycles. The monoisotopic (exact) mass is 206 g/mol. The Hall–Kier alpha value is -0.650. The minimum atomic E-state index is -0.842. The lowest BCUT2D eigenvalue weighted by molar-refractivity contribution is -0.291. The van der Waals surface area contributed by atoms with Crippen molar-refractivity contribution in [2.75, 3.05) is 13.2 Å². The second kappa shape index (κ2) is 8.93. The molecule has 14 heavy (non-hydrogen) atoms. The molecule has 2 N–H and O–H groups in total. The average molecular weight is 206 g/mol. The molecule has 0 radical (unpaired) electrons. The van der Waals surface area contributed by atoms with E-state index in [0.29, 0.717) is 6.42 Å². The standard InChI is InChI=1S/C9H18O5/c1-2-3-4-5-9(11)13-7-8(6-10)14-12/h8,10,12H,2-7H2,1H3/t8-/m0/s1. The Balaban J connectivity index is 3.42. The Morgan fingerprint density at radius 2 is 2.14 bits per heavy atom. The van der Waals surface area contributed by atoms with Crippen molar-refractivity contribution in [3.8, 4) is 0 Å². The fraction of sp³-hybridized carbons (Fsp3) is 0.889. The summed E-state index contributed by atoms with van der Waals surface area (Å²) in [5, 5.41) is 16.8. The minimum Gasteiger partial charge on any atom is -0.463 e. The van der Waals surface area contributed by atoms with Gasteiger partial charge in [-0.2, -0.15) is 0 Å². The van der Waals surface area contributed by atoms with Crippen LogP contribution in [0.3, 0.4) is 0 Å². The van der Waals surface area contributed by atoms with Gasteiger partial charge >= 0.3 is 5.97 Å². The Morgan fingerprint density at radius 1 is 1.43 bits per heavy atom. The van der Waals surface area contributed by atoms with E-state index in [2.05, 4.69) is 4.89 Å². The number of carbonyl (C=O) groups excluding carboxylic acids is 1. The molecule has 0 aromatic heterocycles. The molecule has 84 valence electrons. The van der Waals surface area contributed by atoms with Gasteiger partial charge in [-0.25, -0.2) is 4.89 Å². The van der Waals surface area contributed by atoms with E-state index in [0.717, 1.165) is 19.3 Å². The molecule has 5 nitrogen and oxygen atoms in total. The van der Waals surface area contributed by atoms with E-state index >= 15 is 0 Å². The number of esters is 1. The molecule has 0 saturated carbocycles. The maximum Gasteiger partial charge on any atom is 0.305 e. The van der Waals surface area contributed by atoms with Gasteiger partial charge in [0.1, 0.15) is 12.7 Å². The molecule has 1 atom stereocenters. The lowest BCUT2D eigenvalue weighted by Crippen LogP contribution is -2.24. The van der Waals surface area contributed by atoms with Crippen LogP contribution in [0.2, 0.25) is 0 Å². The van der Waals surface area contributed by atoms with Crippen LogP contribution >= 0.6 is 0 Å². The van der Waals surface area contributed by atoms with Crippen LogP contribution in [-0.4, -0.2) is 35.7 Å². The maximum absolute atomic E-state index is 11.0. The van der Waals surface area contributed by atoms with Crippen molar-refractivity contribution >= 4 is 5.97 Å². The minimum absolute atomic E-state index is 0.113. The van der Waals surface area contributed by atoms with Crippen LogP contribution < -0.4 is 0 Å². The van der Waals surface area contributed by atoms with Crippen LogP contribution in [0.5, 0.6) is 0 Å². The highest BCUT2D eigenvalue weighted by Crippen LogP contribution is 2.01. The number of unbranched alkanes of at least 4 members (excludes halogenated alkanes) is 2.